The lowest BCUT2D eigenvalue weighted by Gasteiger charge is -2.69. The molecule has 4 saturated carbocycles. The smallest absolute Gasteiger partial charge is 0.407 e. The number of fused-ring (bicyclic) bond motifs is 2. The lowest BCUT2D eigenvalue weighted by molar-refractivity contribution is -0.247. The van der Waals surface area contributed by atoms with E-state index in [0.29, 0.717) is 75.3 Å². The molecule has 4 aliphatic carbocycles. The van der Waals surface area contributed by atoms with Crippen LogP contribution >= 0.6 is 11.3 Å². The van der Waals surface area contributed by atoms with Gasteiger partial charge in [0, 0.05) is 97.8 Å². The SMILES string of the molecule is Cc1c(-c2ccc(N3CCc4c(C#N)ccc(C(=O)Nc5nc6ccccc6s5)c4C3)nc2C(=O)O)cnn1CC12CC3(C)CC(C)(C1)CC(OCCNC(=O)OCc1ccc(O[C@@H]4O[C@H](C(=O)O)[C@@H](C)[C@H](C)[C@H]4C)cc1OCCOCCNC(=O)CCN1C(=O)C=CC1=O)(C3)C2. The van der Waals surface area contributed by atoms with E-state index < -0.39 is 47.8 Å². The van der Waals surface area contributed by atoms with Crippen molar-refractivity contribution in [3.05, 3.63) is 124 Å². The second-order valence-electron chi connectivity index (χ2n) is 27.7. The van der Waals surface area contributed by atoms with Crippen LogP contribution in [0.1, 0.15) is 128 Å². The van der Waals surface area contributed by atoms with Crippen LogP contribution in [0.25, 0.3) is 21.3 Å². The van der Waals surface area contributed by atoms with E-state index >= 15 is 0 Å². The van der Waals surface area contributed by atoms with E-state index in [9.17, 15) is 49.0 Å². The first kappa shape index (κ1) is 67.7. The summed E-state index contributed by atoms with van der Waals surface area (Å²) in [6.45, 7) is 14.4. The molecule has 13 rings (SSSR count). The highest BCUT2D eigenvalue weighted by molar-refractivity contribution is 7.22. The van der Waals surface area contributed by atoms with E-state index in [1.807, 2.05) is 61.5 Å². The van der Waals surface area contributed by atoms with Crippen molar-refractivity contribution in [1.29, 1.82) is 5.26 Å². The highest BCUT2D eigenvalue weighted by Crippen LogP contribution is 2.72. The summed E-state index contributed by atoms with van der Waals surface area (Å²) >= 11 is 1.37. The monoisotopic (exact) mass is 1340 g/mol. The highest BCUT2D eigenvalue weighted by atomic mass is 32.1. The maximum atomic E-state index is 13.9. The second kappa shape index (κ2) is 27.7. The van der Waals surface area contributed by atoms with Crippen LogP contribution in [0.4, 0.5) is 15.7 Å². The molecular weight excluding hydrogens is 1260 g/mol. The average Bonchev–Trinajstić information content (AvgIpc) is 1.04. The number of carbonyl (C=O) groups is 7. The number of aromatic nitrogens is 4. The molecule has 25 nitrogen and oxygen atoms in total. The van der Waals surface area contributed by atoms with Crippen molar-refractivity contribution < 1.29 is 72.2 Å². The molecule has 26 heteroatoms. The summed E-state index contributed by atoms with van der Waals surface area (Å²) in [5.41, 5.74) is 4.66. The number of carboxylic acid groups (broad SMARTS) is 2. The molecule has 5 amide bonds. The van der Waals surface area contributed by atoms with Crippen LogP contribution in [-0.2, 0) is 64.2 Å². The van der Waals surface area contributed by atoms with Gasteiger partial charge in [-0.1, -0.05) is 58.1 Å². The number of hydrogen-bond donors (Lipinski definition) is 5. The van der Waals surface area contributed by atoms with Gasteiger partial charge in [0.25, 0.3) is 17.7 Å². The molecule has 2 unspecified atom stereocenters. The fourth-order valence-electron chi connectivity index (χ4n) is 16.6. The molecule has 6 heterocycles. The Balaban J connectivity index is 0.664. The number of carboxylic acids is 2. The van der Waals surface area contributed by atoms with E-state index in [-0.39, 0.29) is 117 Å². The van der Waals surface area contributed by atoms with E-state index in [1.165, 1.54) is 11.3 Å². The van der Waals surface area contributed by atoms with Crippen LogP contribution in [0.5, 0.6) is 11.5 Å². The van der Waals surface area contributed by atoms with Crippen LogP contribution in [0.3, 0.4) is 0 Å². The van der Waals surface area contributed by atoms with Crippen molar-refractivity contribution in [3.8, 4) is 28.7 Å². The van der Waals surface area contributed by atoms with Crippen LogP contribution in [-0.4, -0.2) is 147 Å². The average molecular weight is 1350 g/mol. The first-order chi connectivity index (χ1) is 46.4. The zero-order valence-electron chi connectivity index (χ0n) is 55.1. The molecule has 97 heavy (non-hydrogen) atoms. The number of carbonyl (C=O) groups excluding carboxylic acids is 5. The number of alkyl carbamates (subject to hydrolysis) is 1. The van der Waals surface area contributed by atoms with E-state index in [4.69, 9.17) is 38.5 Å². The number of nitriles is 1. The van der Waals surface area contributed by atoms with Crippen molar-refractivity contribution >= 4 is 74.2 Å². The summed E-state index contributed by atoms with van der Waals surface area (Å²) < 4.78 is 39.7. The molecule has 5 N–H and O–H groups in total. The summed E-state index contributed by atoms with van der Waals surface area (Å²) in [6, 6.07) is 21.8. The number of nitrogens with one attached hydrogen (secondary N) is 3. The van der Waals surface area contributed by atoms with Gasteiger partial charge in [-0.05, 0) is 140 Å². The lowest BCUT2D eigenvalue weighted by Crippen LogP contribution is -2.64. The van der Waals surface area contributed by atoms with Gasteiger partial charge in [0.05, 0.1) is 53.5 Å². The van der Waals surface area contributed by atoms with Gasteiger partial charge in [-0.3, -0.25) is 34.1 Å². The minimum atomic E-state index is -1.20. The largest absolute Gasteiger partial charge is 0.491 e. The van der Waals surface area contributed by atoms with Crippen LogP contribution in [0.2, 0.25) is 0 Å². The molecule has 7 atom stereocenters. The van der Waals surface area contributed by atoms with Gasteiger partial charge in [-0.2, -0.15) is 10.4 Å². The minimum absolute atomic E-state index is 0.0222. The number of nitrogens with zero attached hydrogens (tertiary/aromatic N) is 7. The van der Waals surface area contributed by atoms with Crippen molar-refractivity contribution in [2.75, 3.05) is 62.8 Å². The first-order valence-electron chi connectivity index (χ1n) is 32.9. The standard InChI is InChI=1S/C71H80N10O15S/c1-41-42(2)61(64(88)89)96-65(43(41)3)95-47-13-11-46(54(29-47)92-28-27-91-25-21-73-57(82)20-24-80-58(83)17-18-59(80)84)33-93-67(90)74-22-26-94-71-37-68(5)34-69(6,38-71)36-70(35-68,39-71)40-81-44(4)51(31-75-81)49-15-16-56(77-60(49)63(86)87)79-23-19-48-45(30-72)12-14-50(52(48)32-79)62(85)78-66-76-53-9-7-8-10-55(53)97-66/h7-18,29,31,41-43,61,65H,19-28,32-40H2,1-6H3,(H,73,82)(H,74,90)(H,86,87)(H,88,89)(H,76,78,85)/t41-,42-,43+,61-,65+,68?,69?,70?,71?/m0/s1. The number of thiazole rings is 1. The third-order valence-electron chi connectivity index (χ3n) is 20.3. The number of para-hydroxylation sites is 1. The molecule has 0 radical (unpaired) electrons. The van der Waals surface area contributed by atoms with Crippen molar-refractivity contribution in [1.82, 2.24) is 35.3 Å². The van der Waals surface area contributed by atoms with Gasteiger partial charge in [0.15, 0.2) is 16.9 Å². The molecule has 3 aromatic carbocycles. The van der Waals surface area contributed by atoms with Crippen molar-refractivity contribution in [3.63, 3.8) is 0 Å². The fourth-order valence-corrected chi connectivity index (χ4v) is 17.4. The zero-order valence-corrected chi connectivity index (χ0v) is 56.0. The molecule has 7 aliphatic rings. The highest BCUT2D eigenvalue weighted by Gasteiger charge is 2.66. The van der Waals surface area contributed by atoms with E-state index in [2.05, 4.69) is 40.9 Å². The third kappa shape index (κ3) is 14.6. The Morgan fingerprint density at radius 3 is 2.33 bits per heavy atom. The molecule has 5 fully saturated rings. The summed E-state index contributed by atoms with van der Waals surface area (Å²) in [4.78, 5) is 101. The van der Waals surface area contributed by atoms with Crippen LogP contribution < -0.4 is 30.3 Å². The number of benzene rings is 3. The third-order valence-corrected chi connectivity index (χ3v) is 21.2. The first-order valence-corrected chi connectivity index (χ1v) is 33.7. The molecule has 1 saturated heterocycles. The summed E-state index contributed by atoms with van der Waals surface area (Å²) in [7, 11) is 0. The van der Waals surface area contributed by atoms with Gasteiger partial charge in [-0.15, -0.1) is 0 Å². The van der Waals surface area contributed by atoms with Crippen molar-refractivity contribution in [2.45, 2.75) is 131 Å². The Kier molecular flexibility index (Phi) is 19.3. The predicted molar refractivity (Wildman–Crippen MR) is 355 cm³/mol. The predicted octanol–water partition coefficient (Wildman–Crippen LogP) is 9.23. The molecule has 3 aliphatic heterocycles. The number of aromatic carboxylic acids is 1. The number of rotatable bonds is 26. The second-order valence-corrected chi connectivity index (χ2v) is 28.7. The number of pyridine rings is 1. The number of anilines is 2. The van der Waals surface area contributed by atoms with Gasteiger partial charge in [-0.25, -0.2) is 24.4 Å². The number of aliphatic carboxylic acids is 1. The molecule has 4 bridgehead atoms. The molecule has 0 spiro atoms. The number of imide groups is 1. The summed E-state index contributed by atoms with van der Waals surface area (Å²) in [6.07, 6.45) is 7.33. The van der Waals surface area contributed by atoms with Gasteiger partial charge < -0.3 is 54.2 Å². The molecule has 510 valence electrons. The Hall–Kier alpha value is -9.29. The molecule has 6 aromatic rings. The Bertz CT molecular complexity index is 4090. The van der Waals surface area contributed by atoms with Gasteiger partial charge >= 0.3 is 18.0 Å². The topological polar surface area (TPSA) is 325 Å². The zero-order chi connectivity index (χ0) is 68.6. The number of amides is 5. The summed E-state index contributed by atoms with van der Waals surface area (Å²) in [5, 5.41) is 44.7. The van der Waals surface area contributed by atoms with Gasteiger partial charge in [0.2, 0.25) is 12.2 Å². The Morgan fingerprint density at radius 2 is 1.59 bits per heavy atom. The Labute approximate surface area is 564 Å². The van der Waals surface area contributed by atoms with E-state index in [1.54, 1.807) is 48.7 Å². The number of ether oxygens (including phenoxy) is 6. The summed E-state index contributed by atoms with van der Waals surface area (Å²) in [5.74, 6) is -3.24. The van der Waals surface area contributed by atoms with Crippen molar-refractivity contribution in [2.24, 2.45) is 34.0 Å². The maximum absolute atomic E-state index is 13.9. The van der Waals surface area contributed by atoms with Crippen LogP contribution in [0, 0.1) is 52.3 Å². The minimum Gasteiger partial charge on any atom is -0.491 e. The molecule has 3 aromatic heterocycles. The van der Waals surface area contributed by atoms with Gasteiger partial charge in [0.1, 0.15) is 30.5 Å². The fraction of sp³-hybridized carbons (Fsp3) is 0.479. The number of hydrogen-bond acceptors (Lipinski definition) is 19. The van der Waals surface area contributed by atoms with E-state index in [0.717, 1.165) is 77.1 Å². The molecular formula is C71H80N10O15S. The van der Waals surface area contributed by atoms with Crippen LogP contribution in [0.15, 0.2) is 85.1 Å². The lowest BCUT2D eigenvalue weighted by atomic mass is 9.39. The normalized spacial score (nSPS) is 25.4. The quantitative estimate of drug-likeness (QED) is 0.0249. The maximum Gasteiger partial charge on any atom is 0.407 e. The Morgan fingerprint density at radius 1 is 0.825 bits per heavy atom.